The van der Waals surface area contributed by atoms with Gasteiger partial charge in [0, 0.05) is 57.4 Å². The van der Waals surface area contributed by atoms with E-state index < -0.39 is 0 Å². The second-order valence-electron chi connectivity index (χ2n) is 7.17. The van der Waals surface area contributed by atoms with Crippen LogP contribution in [0, 0.1) is 6.92 Å². The molecule has 1 aliphatic heterocycles. The molecule has 0 atom stereocenters. The fourth-order valence-corrected chi connectivity index (χ4v) is 3.35. The van der Waals surface area contributed by atoms with Crippen LogP contribution in [-0.4, -0.2) is 48.0 Å². The van der Waals surface area contributed by atoms with Crippen LogP contribution in [-0.2, 0) is 11.3 Å². The van der Waals surface area contributed by atoms with Gasteiger partial charge in [-0.05, 0) is 42.3 Å². The lowest BCUT2D eigenvalue weighted by atomic mass is 10.1. The second kappa shape index (κ2) is 9.41. The number of amides is 2. The molecule has 154 valence electrons. The summed E-state index contributed by atoms with van der Waals surface area (Å²) in [6.07, 6.45) is 5.06. The number of ether oxygens (including phenoxy) is 2. The van der Waals surface area contributed by atoms with Crippen molar-refractivity contribution in [2.75, 3.05) is 20.2 Å². The van der Waals surface area contributed by atoms with Crippen molar-refractivity contribution in [1.82, 2.24) is 15.2 Å². The predicted octanol–water partition coefficient (Wildman–Crippen LogP) is 2.72. The van der Waals surface area contributed by atoms with Gasteiger partial charge in [-0.1, -0.05) is 0 Å². The van der Waals surface area contributed by atoms with Crippen molar-refractivity contribution in [2.45, 2.75) is 39.3 Å². The minimum absolute atomic E-state index is 0.0221. The average Bonchev–Trinajstić information content (AvgIpc) is 2.73. The predicted molar refractivity (Wildman–Crippen MR) is 109 cm³/mol. The highest BCUT2D eigenvalue weighted by molar-refractivity contribution is 5.94. The third kappa shape index (κ3) is 5.25. The Kier molecular flexibility index (Phi) is 6.69. The summed E-state index contributed by atoms with van der Waals surface area (Å²) < 4.78 is 11.5. The van der Waals surface area contributed by atoms with E-state index in [0.29, 0.717) is 36.7 Å². The van der Waals surface area contributed by atoms with Gasteiger partial charge in [-0.25, -0.2) is 0 Å². The molecule has 0 aliphatic carbocycles. The number of likely N-dealkylation sites (tertiary alicyclic amines) is 1. The number of carbonyl (C=O) groups excluding carboxylic acids is 2. The molecule has 1 fully saturated rings. The number of benzene rings is 1. The van der Waals surface area contributed by atoms with Gasteiger partial charge >= 0.3 is 0 Å². The molecule has 7 heteroatoms. The number of hydrogen-bond donors (Lipinski definition) is 1. The SMILES string of the molecule is COc1cc(C(=O)NCc2ccncc2C)ccc1OC1CCN(C(C)=O)CC1. The highest BCUT2D eigenvalue weighted by Gasteiger charge is 2.23. The molecule has 7 nitrogen and oxygen atoms in total. The molecule has 1 saturated heterocycles. The zero-order chi connectivity index (χ0) is 20.8. The number of aryl methyl sites for hydroxylation is 1. The monoisotopic (exact) mass is 397 g/mol. The number of rotatable bonds is 6. The van der Waals surface area contributed by atoms with E-state index in [1.165, 1.54) is 0 Å². The maximum atomic E-state index is 12.5. The lowest BCUT2D eigenvalue weighted by molar-refractivity contribution is -0.130. The summed E-state index contributed by atoms with van der Waals surface area (Å²) in [6.45, 7) is 5.37. The Morgan fingerprint density at radius 3 is 2.62 bits per heavy atom. The third-order valence-electron chi connectivity index (χ3n) is 5.18. The highest BCUT2D eigenvalue weighted by Crippen LogP contribution is 2.30. The molecule has 29 heavy (non-hydrogen) atoms. The summed E-state index contributed by atoms with van der Waals surface area (Å²) in [5, 5.41) is 2.92. The van der Waals surface area contributed by atoms with Crippen LogP contribution in [0.5, 0.6) is 11.5 Å². The van der Waals surface area contributed by atoms with Crippen molar-refractivity contribution in [3.63, 3.8) is 0 Å². The number of methoxy groups -OCH3 is 1. The number of pyridine rings is 1. The molecule has 2 aromatic rings. The Bertz CT molecular complexity index is 876. The zero-order valence-electron chi connectivity index (χ0n) is 17.1. The molecule has 2 heterocycles. The first-order chi connectivity index (χ1) is 14.0. The smallest absolute Gasteiger partial charge is 0.251 e. The van der Waals surface area contributed by atoms with Gasteiger partial charge in [0.25, 0.3) is 5.91 Å². The van der Waals surface area contributed by atoms with Crippen molar-refractivity contribution >= 4 is 11.8 Å². The van der Waals surface area contributed by atoms with Crippen LogP contribution >= 0.6 is 0 Å². The van der Waals surface area contributed by atoms with Crippen molar-refractivity contribution in [1.29, 1.82) is 0 Å². The summed E-state index contributed by atoms with van der Waals surface area (Å²) in [4.78, 5) is 29.9. The average molecular weight is 397 g/mol. The first-order valence-electron chi connectivity index (χ1n) is 9.76. The van der Waals surface area contributed by atoms with Crippen LogP contribution < -0.4 is 14.8 Å². The summed E-state index contributed by atoms with van der Waals surface area (Å²) in [6, 6.07) is 7.08. The first-order valence-corrected chi connectivity index (χ1v) is 9.76. The van der Waals surface area contributed by atoms with E-state index in [2.05, 4.69) is 10.3 Å². The Morgan fingerprint density at radius 1 is 1.21 bits per heavy atom. The summed E-state index contributed by atoms with van der Waals surface area (Å²) in [7, 11) is 1.56. The third-order valence-corrected chi connectivity index (χ3v) is 5.18. The lowest BCUT2D eigenvalue weighted by Gasteiger charge is -2.31. The van der Waals surface area contributed by atoms with Crippen LogP contribution in [0.15, 0.2) is 36.7 Å². The number of piperidine rings is 1. The first kappa shape index (κ1) is 20.6. The van der Waals surface area contributed by atoms with Crippen molar-refractivity contribution in [2.24, 2.45) is 0 Å². The standard InChI is InChI=1S/C22H27N3O4/c1-15-13-23-9-6-18(15)14-24-22(27)17-4-5-20(21(12-17)28-3)29-19-7-10-25(11-8-19)16(2)26/h4-6,9,12-13,19H,7-8,10-11,14H2,1-3H3,(H,24,27). The van der Waals surface area contributed by atoms with Crippen LogP contribution in [0.4, 0.5) is 0 Å². The molecule has 1 N–H and O–H groups in total. The van der Waals surface area contributed by atoms with Crippen LogP contribution in [0.3, 0.4) is 0 Å². The number of nitrogens with zero attached hydrogens (tertiary/aromatic N) is 2. The Labute approximate surface area is 171 Å². The Balaban J connectivity index is 1.61. The van der Waals surface area contributed by atoms with Gasteiger partial charge in [-0.15, -0.1) is 0 Å². The van der Waals surface area contributed by atoms with Crippen molar-refractivity contribution in [3.05, 3.63) is 53.3 Å². The minimum Gasteiger partial charge on any atom is -0.493 e. The van der Waals surface area contributed by atoms with Crippen LogP contribution in [0.1, 0.15) is 41.3 Å². The van der Waals surface area contributed by atoms with Gasteiger partial charge in [0.15, 0.2) is 11.5 Å². The van der Waals surface area contributed by atoms with Gasteiger partial charge in [-0.3, -0.25) is 14.6 Å². The van der Waals surface area contributed by atoms with E-state index >= 15 is 0 Å². The number of carbonyl (C=O) groups is 2. The molecule has 0 spiro atoms. The van der Waals surface area contributed by atoms with Crippen LogP contribution in [0.25, 0.3) is 0 Å². The van der Waals surface area contributed by atoms with Gasteiger partial charge in [0.1, 0.15) is 6.10 Å². The van der Waals surface area contributed by atoms with E-state index in [4.69, 9.17) is 9.47 Å². The molecule has 3 rings (SSSR count). The molecule has 0 unspecified atom stereocenters. The van der Waals surface area contributed by atoms with E-state index in [1.807, 2.05) is 17.9 Å². The molecule has 0 bridgehead atoms. The number of aromatic nitrogens is 1. The minimum atomic E-state index is -0.180. The highest BCUT2D eigenvalue weighted by atomic mass is 16.5. The number of nitrogens with one attached hydrogen (secondary N) is 1. The molecular formula is C22H27N3O4. The molecule has 0 radical (unpaired) electrons. The van der Waals surface area contributed by atoms with Gasteiger partial charge in [-0.2, -0.15) is 0 Å². The summed E-state index contributed by atoms with van der Waals surface area (Å²) in [5.74, 6) is 1.04. The Hall–Kier alpha value is -3.09. The van der Waals surface area contributed by atoms with E-state index in [1.54, 1.807) is 44.6 Å². The van der Waals surface area contributed by atoms with E-state index in [9.17, 15) is 9.59 Å². The maximum Gasteiger partial charge on any atom is 0.251 e. The Morgan fingerprint density at radius 2 is 1.97 bits per heavy atom. The fourth-order valence-electron chi connectivity index (χ4n) is 3.35. The maximum absolute atomic E-state index is 12.5. The molecular weight excluding hydrogens is 370 g/mol. The number of hydrogen-bond acceptors (Lipinski definition) is 5. The molecule has 1 aliphatic rings. The normalized spacial score (nSPS) is 14.4. The van der Waals surface area contributed by atoms with Gasteiger partial charge in [0.2, 0.25) is 5.91 Å². The molecule has 2 amide bonds. The van der Waals surface area contributed by atoms with E-state index in [0.717, 1.165) is 24.0 Å². The second-order valence-corrected chi connectivity index (χ2v) is 7.17. The molecule has 1 aromatic carbocycles. The molecule has 1 aromatic heterocycles. The van der Waals surface area contributed by atoms with Crippen molar-refractivity contribution < 1.29 is 19.1 Å². The lowest BCUT2D eigenvalue weighted by Crippen LogP contribution is -2.40. The zero-order valence-corrected chi connectivity index (χ0v) is 17.1. The fraction of sp³-hybridized carbons (Fsp3) is 0.409. The van der Waals surface area contributed by atoms with Gasteiger partial charge < -0.3 is 19.7 Å². The van der Waals surface area contributed by atoms with E-state index in [-0.39, 0.29) is 17.9 Å². The molecule has 0 saturated carbocycles. The van der Waals surface area contributed by atoms with Gasteiger partial charge in [0.05, 0.1) is 7.11 Å². The summed E-state index contributed by atoms with van der Waals surface area (Å²) >= 11 is 0. The topological polar surface area (TPSA) is 80.8 Å². The van der Waals surface area contributed by atoms with Crippen LogP contribution in [0.2, 0.25) is 0 Å². The largest absolute Gasteiger partial charge is 0.493 e. The van der Waals surface area contributed by atoms with Crippen molar-refractivity contribution in [3.8, 4) is 11.5 Å². The quantitative estimate of drug-likeness (QED) is 0.811. The summed E-state index contributed by atoms with van der Waals surface area (Å²) in [5.41, 5.74) is 2.56.